The van der Waals surface area contributed by atoms with Crippen LogP contribution in [0.25, 0.3) is 0 Å². The molecule has 1 nitrogen and oxygen atoms in total. The van der Waals surface area contributed by atoms with E-state index in [0.29, 0.717) is 40.1 Å². The summed E-state index contributed by atoms with van der Waals surface area (Å²) in [4.78, 5) is 5.08. The smallest absolute Gasteiger partial charge is 0.289 e. The molecule has 0 saturated heterocycles. The van der Waals surface area contributed by atoms with Crippen molar-refractivity contribution in [1.29, 1.82) is 0 Å². The van der Waals surface area contributed by atoms with E-state index in [4.69, 9.17) is 23.2 Å². The van der Waals surface area contributed by atoms with Gasteiger partial charge >= 0.3 is 6.18 Å². The zero-order valence-corrected chi connectivity index (χ0v) is 16.6. The molecule has 0 spiro atoms. The molecule has 1 aromatic rings. The first-order valence-electron chi connectivity index (χ1n) is 8.35. The summed E-state index contributed by atoms with van der Waals surface area (Å²) < 4.78 is 37.3. The average Bonchev–Trinajstić information content (AvgIpc) is 2.52. The maximum atomic E-state index is 12.4. The lowest BCUT2D eigenvalue weighted by Gasteiger charge is -2.26. The van der Waals surface area contributed by atoms with Crippen LogP contribution in [-0.4, -0.2) is 17.6 Å². The molecule has 2 rings (SSSR count). The molecule has 1 saturated carbocycles. The summed E-state index contributed by atoms with van der Waals surface area (Å²) in [6.07, 6.45) is 0.129. The molecular formula is C18H22Cl2F3NS. The van der Waals surface area contributed by atoms with Crippen molar-refractivity contribution in [1.82, 2.24) is 0 Å². The number of nitrogens with zero attached hydrogens (tertiary/aromatic N) is 1. The summed E-state index contributed by atoms with van der Waals surface area (Å²) in [5.74, 6) is 0.319. The van der Waals surface area contributed by atoms with Gasteiger partial charge in [-0.15, -0.1) is 11.8 Å². The lowest BCUT2D eigenvalue weighted by Crippen LogP contribution is -2.19. The van der Waals surface area contributed by atoms with Crippen molar-refractivity contribution >= 4 is 40.7 Å². The fourth-order valence-corrected chi connectivity index (χ4v) is 4.30. The molecule has 1 aliphatic rings. The number of aliphatic imine (C=N–C) groups is 1. The average molecular weight is 412 g/mol. The Bertz CT molecular complexity index is 629. The Balaban J connectivity index is 2.09. The van der Waals surface area contributed by atoms with E-state index in [1.807, 2.05) is 0 Å². The Hall–Kier alpha value is -0.390. The fourth-order valence-electron chi connectivity index (χ4n) is 2.95. The van der Waals surface area contributed by atoms with Gasteiger partial charge in [0.25, 0.3) is 0 Å². The van der Waals surface area contributed by atoms with Gasteiger partial charge in [0, 0.05) is 15.6 Å². The van der Waals surface area contributed by atoms with Gasteiger partial charge in [0.1, 0.15) is 0 Å². The fraction of sp³-hybridized carbons (Fsp3) is 0.611. The normalized spacial score (nSPS) is 20.5. The van der Waals surface area contributed by atoms with Crippen molar-refractivity contribution in [2.45, 2.75) is 57.1 Å². The van der Waals surface area contributed by atoms with Gasteiger partial charge in [-0.3, -0.25) is 4.99 Å². The number of hydrogen-bond acceptors (Lipinski definition) is 2. The molecule has 1 fully saturated rings. The Morgan fingerprint density at radius 2 is 1.96 bits per heavy atom. The highest BCUT2D eigenvalue weighted by Gasteiger charge is 2.28. The van der Waals surface area contributed by atoms with E-state index in [0.717, 1.165) is 24.8 Å². The maximum Gasteiger partial charge on any atom is 0.398 e. The van der Waals surface area contributed by atoms with Crippen molar-refractivity contribution < 1.29 is 13.2 Å². The number of alkyl halides is 3. The molecule has 1 unspecified atom stereocenters. The standard InChI is InChI=1S/C18H22Cl2F3NS/c1-11(2)12-4-3-5-14(6-12)24-9-13-7-17(16(20)8-15(13)19)25-10-18(21,22)23/h7-8,11-12H,3-6,9-10H2,1-2H3. The first-order chi connectivity index (χ1) is 11.7. The summed E-state index contributed by atoms with van der Waals surface area (Å²) in [5, 5.41) is 0.690. The summed E-state index contributed by atoms with van der Waals surface area (Å²) in [6, 6.07) is 3.14. The third kappa shape index (κ3) is 6.69. The molecule has 7 heteroatoms. The zero-order chi connectivity index (χ0) is 18.6. The van der Waals surface area contributed by atoms with Crippen LogP contribution in [-0.2, 0) is 6.54 Å². The molecule has 0 aliphatic heterocycles. The Morgan fingerprint density at radius 1 is 1.24 bits per heavy atom. The highest BCUT2D eigenvalue weighted by molar-refractivity contribution is 7.99. The van der Waals surface area contributed by atoms with E-state index in [-0.39, 0.29) is 5.02 Å². The first-order valence-corrected chi connectivity index (χ1v) is 10.1. The van der Waals surface area contributed by atoms with Crippen LogP contribution in [0, 0.1) is 11.8 Å². The molecule has 0 N–H and O–H groups in total. The van der Waals surface area contributed by atoms with E-state index in [2.05, 4.69) is 18.8 Å². The Morgan fingerprint density at radius 3 is 2.60 bits per heavy atom. The van der Waals surface area contributed by atoms with Gasteiger partial charge in [0.2, 0.25) is 0 Å². The predicted octanol–water partition coefficient (Wildman–Crippen LogP) is 7.44. The second-order valence-corrected chi connectivity index (χ2v) is 8.59. The quantitative estimate of drug-likeness (QED) is 0.458. The molecule has 140 valence electrons. The highest BCUT2D eigenvalue weighted by atomic mass is 35.5. The Kier molecular flexibility index (Phi) is 7.53. The number of hydrogen-bond donors (Lipinski definition) is 0. The zero-order valence-electron chi connectivity index (χ0n) is 14.3. The lowest BCUT2D eigenvalue weighted by molar-refractivity contribution is -0.105. The molecule has 1 aliphatic carbocycles. The predicted molar refractivity (Wildman–Crippen MR) is 101 cm³/mol. The summed E-state index contributed by atoms with van der Waals surface area (Å²) in [7, 11) is 0. The van der Waals surface area contributed by atoms with Crippen LogP contribution < -0.4 is 0 Å². The van der Waals surface area contributed by atoms with Crippen molar-refractivity contribution in [3.05, 3.63) is 27.7 Å². The summed E-state index contributed by atoms with van der Waals surface area (Å²) >= 11 is 12.9. The topological polar surface area (TPSA) is 12.4 Å². The van der Waals surface area contributed by atoms with Crippen molar-refractivity contribution in [2.75, 3.05) is 5.75 Å². The van der Waals surface area contributed by atoms with Gasteiger partial charge in [-0.1, -0.05) is 37.0 Å². The SMILES string of the molecule is CC(C)C1CCCC(=NCc2cc(SCC(F)(F)F)c(Cl)cc2Cl)C1. The summed E-state index contributed by atoms with van der Waals surface area (Å²) in [6.45, 7) is 4.84. The van der Waals surface area contributed by atoms with Gasteiger partial charge < -0.3 is 0 Å². The van der Waals surface area contributed by atoms with E-state index in [1.165, 1.54) is 18.2 Å². The van der Waals surface area contributed by atoms with Gasteiger partial charge in [0.15, 0.2) is 0 Å². The molecule has 0 radical (unpaired) electrons. The van der Waals surface area contributed by atoms with Gasteiger partial charge in [-0.2, -0.15) is 13.2 Å². The highest BCUT2D eigenvalue weighted by Crippen LogP contribution is 2.36. The minimum Gasteiger partial charge on any atom is -0.289 e. The number of thioether (sulfide) groups is 1. The van der Waals surface area contributed by atoms with Crippen LogP contribution in [0.5, 0.6) is 0 Å². The minimum absolute atomic E-state index is 0.244. The maximum absolute atomic E-state index is 12.4. The van der Waals surface area contributed by atoms with Crippen molar-refractivity contribution in [3.63, 3.8) is 0 Å². The van der Waals surface area contributed by atoms with Crippen LogP contribution in [0.15, 0.2) is 22.0 Å². The van der Waals surface area contributed by atoms with Crippen LogP contribution in [0.1, 0.15) is 45.1 Å². The third-order valence-electron chi connectivity index (χ3n) is 4.45. The molecule has 0 heterocycles. The first kappa shape index (κ1) is 20.9. The molecule has 1 atom stereocenters. The monoisotopic (exact) mass is 411 g/mol. The number of halogens is 5. The van der Waals surface area contributed by atoms with Crippen LogP contribution in [0.4, 0.5) is 13.2 Å². The number of rotatable bonds is 5. The largest absolute Gasteiger partial charge is 0.398 e. The molecule has 25 heavy (non-hydrogen) atoms. The van der Waals surface area contributed by atoms with Crippen LogP contribution >= 0.6 is 35.0 Å². The van der Waals surface area contributed by atoms with Crippen molar-refractivity contribution in [2.24, 2.45) is 16.8 Å². The molecule has 0 amide bonds. The lowest BCUT2D eigenvalue weighted by atomic mass is 9.81. The summed E-state index contributed by atoms with van der Waals surface area (Å²) in [5.41, 5.74) is 1.90. The third-order valence-corrected chi connectivity index (χ3v) is 6.34. The molecule has 0 aromatic heterocycles. The van der Waals surface area contributed by atoms with Gasteiger partial charge in [0.05, 0.1) is 17.3 Å². The Labute approximate surface area is 161 Å². The van der Waals surface area contributed by atoms with Crippen molar-refractivity contribution in [3.8, 4) is 0 Å². The van der Waals surface area contributed by atoms with Gasteiger partial charge in [-0.05, 0) is 55.2 Å². The minimum atomic E-state index is -4.23. The second kappa shape index (κ2) is 9.01. The van der Waals surface area contributed by atoms with Gasteiger partial charge in [-0.25, -0.2) is 0 Å². The molecular weight excluding hydrogens is 390 g/mol. The second-order valence-electron chi connectivity index (χ2n) is 6.76. The molecule has 0 bridgehead atoms. The van der Waals surface area contributed by atoms with E-state index in [1.54, 1.807) is 6.07 Å². The van der Waals surface area contributed by atoms with E-state index >= 15 is 0 Å². The molecule has 1 aromatic carbocycles. The van der Waals surface area contributed by atoms with E-state index in [9.17, 15) is 13.2 Å². The van der Waals surface area contributed by atoms with Crippen LogP contribution in [0.2, 0.25) is 10.0 Å². The van der Waals surface area contributed by atoms with Crippen LogP contribution in [0.3, 0.4) is 0 Å². The van der Waals surface area contributed by atoms with E-state index < -0.39 is 11.9 Å². The number of benzene rings is 1.